The van der Waals surface area contributed by atoms with Crippen molar-refractivity contribution in [2.24, 2.45) is 17.8 Å². The average Bonchev–Trinajstić information content (AvgIpc) is 2.72. The van der Waals surface area contributed by atoms with Crippen molar-refractivity contribution in [1.82, 2.24) is 10.6 Å². The van der Waals surface area contributed by atoms with Gasteiger partial charge < -0.3 is 15.4 Å². The minimum Gasteiger partial charge on any atom is -0.484 e. The van der Waals surface area contributed by atoms with Crippen LogP contribution in [0, 0.1) is 29.4 Å². The molecule has 2 N–H and O–H groups in total. The van der Waals surface area contributed by atoms with E-state index in [4.69, 9.17) is 16.3 Å². The van der Waals surface area contributed by atoms with E-state index in [9.17, 15) is 18.4 Å². The molecule has 31 heavy (non-hydrogen) atoms. The highest BCUT2D eigenvalue weighted by atomic mass is 35.5. The number of hydrogen-bond acceptors (Lipinski definition) is 3. The minimum absolute atomic E-state index is 0.0136. The van der Waals surface area contributed by atoms with Gasteiger partial charge in [-0.3, -0.25) is 9.59 Å². The molecule has 3 aliphatic carbocycles. The summed E-state index contributed by atoms with van der Waals surface area (Å²) in [5.41, 5.74) is 0.705. The van der Waals surface area contributed by atoms with Crippen LogP contribution in [0.1, 0.15) is 24.8 Å². The van der Waals surface area contributed by atoms with E-state index < -0.39 is 5.82 Å². The second kappa shape index (κ2) is 9.22. The van der Waals surface area contributed by atoms with Gasteiger partial charge in [-0.15, -0.1) is 0 Å². The zero-order valence-electron chi connectivity index (χ0n) is 16.7. The molecule has 0 spiro atoms. The minimum atomic E-state index is -0.612. The SMILES string of the molecule is O=C(COc1ccc(Cl)c(F)c1)N[C@H]1CC(C(=O)NCc2cccc(F)c2)C2CC1C2. The Kier molecular flexibility index (Phi) is 6.41. The Balaban J connectivity index is 1.27. The van der Waals surface area contributed by atoms with Crippen LogP contribution in [0.2, 0.25) is 5.02 Å². The normalized spacial score (nSPS) is 24.1. The molecule has 5 nitrogen and oxygen atoms in total. The second-order valence-corrected chi connectivity index (χ2v) is 8.63. The highest BCUT2D eigenvalue weighted by Crippen LogP contribution is 2.49. The highest BCUT2D eigenvalue weighted by molar-refractivity contribution is 6.30. The first-order valence-electron chi connectivity index (χ1n) is 10.3. The molecule has 0 aromatic heterocycles. The molecular weight excluding hydrogens is 426 g/mol. The van der Waals surface area contributed by atoms with E-state index >= 15 is 0 Å². The van der Waals surface area contributed by atoms with Gasteiger partial charge in [0, 0.05) is 24.6 Å². The van der Waals surface area contributed by atoms with Crippen molar-refractivity contribution >= 4 is 23.4 Å². The van der Waals surface area contributed by atoms with Gasteiger partial charge >= 0.3 is 0 Å². The molecule has 8 heteroatoms. The molecule has 0 radical (unpaired) electrons. The number of halogens is 3. The van der Waals surface area contributed by atoms with Gasteiger partial charge in [0.05, 0.1) is 5.02 Å². The molecule has 3 fully saturated rings. The summed E-state index contributed by atoms with van der Waals surface area (Å²) in [6, 6.07) is 10.0. The van der Waals surface area contributed by atoms with Gasteiger partial charge in [-0.2, -0.15) is 0 Å². The summed E-state index contributed by atoms with van der Waals surface area (Å²) in [4.78, 5) is 25.0. The van der Waals surface area contributed by atoms with E-state index in [0.717, 1.165) is 18.9 Å². The maximum absolute atomic E-state index is 13.5. The van der Waals surface area contributed by atoms with E-state index in [1.165, 1.54) is 24.3 Å². The molecule has 0 saturated heterocycles. The van der Waals surface area contributed by atoms with Gasteiger partial charge in [0.1, 0.15) is 17.4 Å². The number of rotatable bonds is 7. The van der Waals surface area contributed by atoms with Crippen LogP contribution in [-0.4, -0.2) is 24.5 Å². The molecule has 2 aromatic carbocycles. The van der Waals surface area contributed by atoms with Gasteiger partial charge in [-0.1, -0.05) is 23.7 Å². The maximum Gasteiger partial charge on any atom is 0.258 e. The Morgan fingerprint density at radius 2 is 1.87 bits per heavy atom. The molecule has 3 saturated carbocycles. The number of hydrogen-bond donors (Lipinski definition) is 2. The summed E-state index contributed by atoms with van der Waals surface area (Å²) in [7, 11) is 0. The Morgan fingerprint density at radius 3 is 2.61 bits per heavy atom. The van der Waals surface area contributed by atoms with Crippen LogP contribution in [0.15, 0.2) is 42.5 Å². The summed E-state index contributed by atoms with van der Waals surface area (Å²) in [6.45, 7) is 0.0237. The maximum atomic E-state index is 13.5. The van der Waals surface area contributed by atoms with Crippen molar-refractivity contribution in [3.05, 3.63) is 64.7 Å². The van der Waals surface area contributed by atoms with Crippen molar-refractivity contribution in [2.45, 2.75) is 31.8 Å². The predicted octanol–water partition coefficient (Wildman–Crippen LogP) is 3.84. The molecule has 0 aliphatic heterocycles. The van der Waals surface area contributed by atoms with Gasteiger partial charge in [-0.05, 0) is 60.9 Å². The van der Waals surface area contributed by atoms with Gasteiger partial charge in [0.2, 0.25) is 5.91 Å². The predicted molar refractivity (Wildman–Crippen MR) is 111 cm³/mol. The number of benzene rings is 2. The first-order chi connectivity index (χ1) is 14.9. The summed E-state index contributed by atoms with van der Waals surface area (Å²) in [5.74, 6) is -0.622. The lowest BCUT2D eigenvalue weighted by molar-refractivity contribution is -0.136. The van der Waals surface area contributed by atoms with Crippen molar-refractivity contribution in [2.75, 3.05) is 6.61 Å². The van der Waals surface area contributed by atoms with Crippen LogP contribution in [-0.2, 0) is 16.1 Å². The van der Waals surface area contributed by atoms with Crippen LogP contribution in [0.25, 0.3) is 0 Å². The van der Waals surface area contributed by atoms with Gasteiger partial charge in [-0.25, -0.2) is 8.78 Å². The van der Waals surface area contributed by atoms with Crippen LogP contribution < -0.4 is 15.4 Å². The molecule has 164 valence electrons. The number of fused-ring (bicyclic) bond motifs is 2. The quantitative estimate of drug-likeness (QED) is 0.676. The van der Waals surface area contributed by atoms with Crippen LogP contribution >= 0.6 is 11.6 Å². The molecule has 2 aromatic rings. The first kappa shape index (κ1) is 21.6. The third kappa shape index (κ3) is 5.15. The lowest BCUT2D eigenvalue weighted by Gasteiger charge is -2.50. The van der Waals surface area contributed by atoms with E-state index in [-0.39, 0.29) is 53.5 Å². The summed E-state index contributed by atoms with van der Waals surface area (Å²) in [6.07, 6.45) is 2.35. The van der Waals surface area contributed by atoms with Crippen LogP contribution in [0.3, 0.4) is 0 Å². The molecule has 2 bridgehead atoms. The molecule has 1 unspecified atom stereocenters. The van der Waals surface area contributed by atoms with Gasteiger partial charge in [0.25, 0.3) is 5.91 Å². The molecule has 2 atom stereocenters. The van der Waals surface area contributed by atoms with E-state index in [1.54, 1.807) is 12.1 Å². The Labute approximate surface area is 184 Å². The summed E-state index contributed by atoms with van der Waals surface area (Å²) >= 11 is 5.64. The van der Waals surface area contributed by atoms with E-state index in [0.29, 0.717) is 23.8 Å². The average molecular weight is 449 g/mol. The van der Waals surface area contributed by atoms with Crippen molar-refractivity contribution < 1.29 is 23.1 Å². The largest absolute Gasteiger partial charge is 0.484 e. The smallest absolute Gasteiger partial charge is 0.258 e. The van der Waals surface area contributed by atoms with E-state index in [2.05, 4.69) is 10.6 Å². The Hall–Kier alpha value is -2.67. The Morgan fingerprint density at radius 1 is 1.06 bits per heavy atom. The number of carbonyl (C=O) groups excluding carboxylic acids is 2. The van der Waals surface area contributed by atoms with E-state index in [1.807, 2.05) is 0 Å². The second-order valence-electron chi connectivity index (χ2n) is 8.22. The topological polar surface area (TPSA) is 67.4 Å². The number of amides is 2. The third-order valence-corrected chi connectivity index (χ3v) is 6.46. The Bertz CT molecular complexity index is 981. The standard InChI is InChI=1S/C23H23ClF2N2O3/c24-19-5-4-17(9-20(19)26)31-12-22(29)28-21-10-18(14-7-15(21)8-14)23(30)27-11-13-2-1-3-16(25)6-13/h1-6,9,14-15,18,21H,7-8,10-12H2,(H,27,30)(H,28,29)/t14?,15?,18?,21-/m0/s1. The van der Waals surface area contributed by atoms with Gasteiger partial charge in [0.15, 0.2) is 6.61 Å². The molecule has 0 heterocycles. The fourth-order valence-electron chi connectivity index (χ4n) is 4.45. The third-order valence-electron chi connectivity index (χ3n) is 6.16. The lowest BCUT2D eigenvalue weighted by Crippen LogP contribution is -2.56. The summed E-state index contributed by atoms with van der Waals surface area (Å²) < 4.78 is 32.1. The molecule has 5 rings (SSSR count). The number of nitrogens with one attached hydrogen (secondary N) is 2. The molecule has 2 amide bonds. The number of carbonyl (C=O) groups is 2. The fourth-order valence-corrected chi connectivity index (χ4v) is 4.57. The summed E-state index contributed by atoms with van der Waals surface area (Å²) in [5, 5.41) is 5.83. The monoisotopic (exact) mass is 448 g/mol. The van der Waals surface area contributed by atoms with Crippen molar-refractivity contribution in [3.8, 4) is 5.75 Å². The fraction of sp³-hybridized carbons (Fsp3) is 0.391. The van der Waals surface area contributed by atoms with Crippen molar-refractivity contribution in [3.63, 3.8) is 0 Å². The first-order valence-corrected chi connectivity index (χ1v) is 10.7. The number of ether oxygens (including phenoxy) is 1. The zero-order chi connectivity index (χ0) is 22.0. The van der Waals surface area contributed by atoms with Crippen LogP contribution in [0.5, 0.6) is 5.75 Å². The molecular formula is C23H23ClF2N2O3. The molecule has 3 aliphatic rings. The van der Waals surface area contributed by atoms with Crippen molar-refractivity contribution in [1.29, 1.82) is 0 Å². The highest BCUT2D eigenvalue weighted by Gasteiger charge is 2.48. The van der Waals surface area contributed by atoms with Crippen LogP contribution in [0.4, 0.5) is 8.78 Å². The lowest BCUT2D eigenvalue weighted by atomic mass is 9.57. The zero-order valence-corrected chi connectivity index (χ0v) is 17.5.